The van der Waals surface area contributed by atoms with Gasteiger partial charge >= 0.3 is 0 Å². The molecule has 0 saturated heterocycles. The van der Waals surface area contributed by atoms with Gasteiger partial charge in [0.15, 0.2) is 0 Å². The second kappa shape index (κ2) is 6.33. The molecule has 0 radical (unpaired) electrons. The summed E-state index contributed by atoms with van der Waals surface area (Å²) in [4.78, 5) is 24.0. The Hall–Kier alpha value is -1.88. The number of amides is 2. The van der Waals surface area contributed by atoms with Crippen LogP contribution in [0.25, 0.3) is 0 Å². The van der Waals surface area contributed by atoms with Crippen LogP contribution in [0.4, 0.5) is 0 Å². The zero-order chi connectivity index (χ0) is 14.5. The van der Waals surface area contributed by atoms with Crippen LogP contribution in [0, 0.1) is 0 Å². The molecule has 1 rings (SSSR count). The first kappa shape index (κ1) is 15.2. The number of ether oxygens (including phenoxy) is 1. The number of methoxy groups -OCH3 is 1. The van der Waals surface area contributed by atoms with Crippen LogP contribution in [-0.4, -0.2) is 31.6 Å². The predicted molar refractivity (Wildman–Crippen MR) is 72.5 cm³/mol. The summed E-state index contributed by atoms with van der Waals surface area (Å²) in [6, 6.07) is 8.34. The minimum absolute atomic E-state index is 0.272. The third-order valence-electron chi connectivity index (χ3n) is 2.97. The van der Waals surface area contributed by atoms with Gasteiger partial charge in [0.2, 0.25) is 5.91 Å². The zero-order valence-electron chi connectivity index (χ0n) is 11.7. The third-order valence-corrected chi connectivity index (χ3v) is 2.97. The van der Waals surface area contributed by atoms with E-state index < -0.39 is 11.6 Å². The van der Waals surface area contributed by atoms with Crippen molar-refractivity contribution in [2.45, 2.75) is 25.5 Å². The van der Waals surface area contributed by atoms with Crippen LogP contribution in [-0.2, 0) is 14.3 Å². The van der Waals surface area contributed by atoms with Crippen molar-refractivity contribution in [1.82, 2.24) is 10.6 Å². The molecule has 2 amide bonds. The second-order valence-corrected chi connectivity index (χ2v) is 4.65. The van der Waals surface area contributed by atoms with E-state index >= 15 is 0 Å². The van der Waals surface area contributed by atoms with Gasteiger partial charge in [-0.3, -0.25) is 9.59 Å². The van der Waals surface area contributed by atoms with Crippen LogP contribution in [0.2, 0.25) is 0 Å². The second-order valence-electron chi connectivity index (χ2n) is 4.65. The average Bonchev–Trinajstić information content (AvgIpc) is 2.44. The molecule has 0 spiro atoms. The molecule has 0 aliphatic carbocycles. The Bertz CT molecular complexity index is 443. The van der Waals surface area contributed by atoms with Crippen molar-refractivity contribution >= 4 is 11.8 Å². The molecule has 19 heavy (non-hydrogen) atoms. The molecule has 0 aromatic heterocycles. The fraction of sp³-hybridized carbons (Fsp3) is 0.429. The van der Waals surface area contributed by atoms with E-state index in [0.29, 0.717) is 0 Å². The summed E-state index contributed by atoms with van der Waals surface area (Å²) in [5.41, 5.74) is -0.261. The Labute approximate surface area is 113 Å². The maximum atomic E-state index is 12.1. The molecule has 0 saturated carbocycles. The smallest absolute Gasteiger partial charge is 0.252 e. The SMILES string of the molecule is CNC(=O)[C@@H](NC(=O)C(C)(C)OC)c1ccccc1. The van der Waals surface area contributed by atoms with E-state index in [9.17, 15) is 9.59 Å². The lowest BCUT2D eigenvalue weighted by molar-refractivity contribution is -0.142. The zero-order valence-corrected chi connectivity index (χ0v) is 11.7. The number of hydrogen-bond acceptors (Lipinski definition) is 3. The normalized spacial score (nSPS) is 12.6. The van der Waals surface area contributed by atoms with Crippen LogP contribution < -0.4 is 10.6 Å². The van der Waals surface area contributed by atoms with Gasteiger partial charge in [0.05, 0.1) is 0 Å². The Morgan fingerprint density at radius 2 is 1.79 bits per heavy atom. The molecule has 0 unspecified atom stereocenters. The van der Waals surface area contributed by atoms with Crippen LogP contribution in [0.1, 0.15) is 25.5 Å². The Kier molecular flexibility index (Phi) is 5.06. The van der Waals surface area contributed by atoms with Gasteiger partial charge in [0.25, 0.3) is 5.91 Å². The van der Waals surface area contributed by atoms with Gasteiger partial charge in [-0.2, -0.15) is 0 Å². The molecule has 1 atom stereocenters. The number of nitrogens with one attached hydrogen (secondary N) is 2. The quantitative estimate of drug-likeness (QED) is 0.834. The molecule has 0 heterocycles. The largest absolute Gasteiger partial charge is 0.369 e. The summed E-state index contributed by atoms with van der Waals surface area (Å²) in [6.07, 6.45) is 0. The summed E-state index contributed by atoms with van der Waals surface area (Å²) in [7, 11) is 2.99. The molecular weight excluding hydrogens is 244 g/mol. The van der Waals surface area contributed by atoms with Crippen LogP contribution >= 0.6 is 0 Å². The minimum Gasteiger partial charge on any atom is -0.369 e. The first-order valence-corrected chi connectivity index (χ1v) is 6.05. The molecular formula is C14H20N2O3. The van der Waals surface area contributed by atoms with Crippen LogP contribution in [0.15, 0.2) is 30.3 Å². The molecule has 0 bridgehead atoms. The summed E-state index contributed by atoms with van der Waals surface area (Å²) < 4.78 is 5.11. The molecule has 1 aromatic carbocycles. The lowest BCUT2D eigenvalue weighted by Gasteiger charge is -2.25. The maximum absolute atomic E-state index is 12.1. The van der Waals surface area contributed by atoms with Crippen molar-refractivity contribution in [3.63, 3.8) is 0 Å². The monoisotopic (exact) mass is 264 g/mol. The number of carbonyl (C=O) groups is 2. The van der Waals surface area contributed by atoms with Gasteiger partial charge < -0.3 is 15.4 Å². The number of rotatable bonds is 5. The number of hydrogen-bond donors (Lipinski definition) is 2. The van der Waals surface area contributed by atoms with Crippen LogP contribution in [0.5, 0.6) is 0 Å². The topological polar surface area (TPSA) is 67.4 Å². The van der Waals surface area contributed by atoms with Gasteiger partial charge in [-0.25, -0.2) is 0 Å². The van der Waals surface area contributed by atoms with Gasteiger partial charge in [-0.15, -0.1) is 0 Å². The highest BCUT2D eigenvalue weighted by atomic mass is 16.5. The maximum Gasteiger partial charge on any atom is 0.252 e. The fourth-order valence-corrected chi connectivity index (χ4v) is 1.49. The summed E-state index contributed by atoms with van der Waals surface area (Å²) in [6.45, 7) is 3.29. The Balaban J connectivity index is 2.95. The first-order chi connectivity index (χ1) is 8.92. The molecule has 0 fully saturated rings. The molecule has 0 aliphatic heterocycles. The van der Waals surface area contributed by atoms with Crippen molar-refractivity contribution < 1.29 is 14.3 Å². The van der Waals surface area contributed by atoms with E-state index in [1.807, 2.05) is 18.2 Å². The lowest BCUT2D eigenvalue weighted by atomic mass is 10.0. The Morgan fingerprint density at radius 1 is 1.21 bits per heavy atom. The van der Waals surface area contributed by atoms with Crippen molar-refractivity contribution in [2.75, 3.05) is 14.2 Å². The molecule has 0 aliphatic rings. The van der Waals surface area contributed by atoms with E-state index in [1.165, 1.54) is 14.2 Å². The summed E-state index contributed by atoms with van der Waals surface area (Å²) in [5.74, 6) is -0.612. The molecule has 2 N–H and O–H groups in total. The number of carbonyl (C=O) groups excluding carboxylic acids is 2. The number of likely N-dealkylation sites (N-methyl/N-ethyl adjacent to an activating group) is 1. The first-order valence-electron chi connectivity index (χ1n) is 6.05. The molecule has 1 aromatic rings. The van der Waals surface area contributed by atoms with Crippen molar-refractivity contribution in [3.05, 3.63) is 35.9 Å². The highest BCUT2D eigenvalue weighted by molar-refractivity contribution is 5.91. The predicted octanol–water partition coefficient (Wildman–Crippen LogP) is 1.01. The van der Waals surface area contributed by atoms with Crippen LogP contribution in [0.3, 0.4) is 0 Å². The minimum atomic E-state index is -0.985. The van der Waals surface area contributed by atoms with E-state index in [-0.39, 0.29) is 11.8 Å². The highest BCUT2D eigenvalue weighted by Gasteiger charge is 2.31. The van der Waals surface area contributed by atoms with E-state index in [2.05, 4.69) is 10.6 Å². The van der Waals surface area contributed by atoms with Gasteiger partial charge in [0, 0.05) is 14.2 Å². The fourth-order valence-electron chi connectivity index (χ4n) is 1.49. The third kappa shape index (κ3) is 3.79. The lowest BCUT2D eigenvalue weighted by Crippen LogP contribution is -2.48. The van der Waals surface area contributed by atoms with Gasteiger partial charge in [-0.1, -0.05) is 30.3 Å². The van der Waals surface area contributed by atoms with Gasteiger partial charge in [0.1, 0.15) is 11.6 Å². The average molecular weight is 264 g/mol. The Morgan fingerprint density at radius 3 is 2.26 bits per heavy atom. The van der Waals surface area contributed by atoms with Gasteiger partial charge in [-0.05, 0) is 19.4 Å². The van der Waals surface area contributed by atoms with Crippen molar-refractivity contribution in [1.29, 1.82) is 0 Å². The van der Waals surface area contributed by atoms with Crippen molar-refractivity contribution in [3.8, 4) is 0 Å². The van der Waals surface area contributed by atoms with E-state index in [1.54, 1.807) is 26.0 Å². The van der Waals surface area contributed by atoms with Crippen molar-refractivity contribution in [2.24, 2.45) is 0 Å². The van der Waals surface area contributed by atoms with E-state index in [0.717, 1.165) is 5.56 Å². The molecule has 5 nitrogen and oxygen atoms in total. The summed E-state index contributed by atoms with van der Waals surface area (Å²) >= 11 is 0. The molecule has 104 valence electrons. The number of benzene rings is 1. The molecule has 5 heteroatoms. The highest BCUT2D eigenvalue weighted by Crippen LogP contribution is 2.15. The summed E-state index contributed by atoms with van der Waals surface area (Å²) in [5, 5.41) is 5.24. The standard InChI is InChI=1S/C14H20N2O3/c1-14(2,19-4)13(18)16-11(12(17)15-3)10-8-6-5-7-9-10/h5-9,11H,1-4H3,(H,15,17)(H,16,18)/t11-/m0/s1. The van der Waals surface area contributed by atoms with E-state index in [4.69, 9.17) is 4.74 Å².